The van der Waals surface area contributed by atoms with E-state index in [1.165, 1.54) is 35.5 Å². The van der Waals surface area contributed by atoms with E-state index in [2.05, 4.69) is 20.4 Å². The van der Waals surface area contributed by atoms with Crippen molar-refractivity contribution >= 4 is 5.70 Å². The fourth-order valence-electron chi connectivity index (χ4n) is 3.83. The lowest BCUT2D eigenvalue weighted by atomic mass is 9.96. The molecule has 0 radical (unpaired) electrons. The smallest absolute Gasteiger partial charge is 0.356 e. The first-order chi connectivity index (χ1) is 15.0. The fourth-order valence-corrected chi connectivity index (χ4v) is 3.83. The van der Waals surface area contributed by atoms with E-state index >= 15 is 0 Å². The van der Waals surface area contributed by atoms with Crippen LogP contribution in [0.5, 0.6) is 11.8 Å². The molecule has 4 N–H and O–H groups in total. The van der Waals surface area contributed by atoms with E-state index < -0.39 is 0 Å². The highest BCUT2D eigenvalue weighted by atomic mass is 16.5. The minimum absolute atomic E-state index is 0.191. The zero-order chi connectivity index (χ0) is 21.8. The van der Waals surface area contributed by atoms with E-state index in [4.69, 9.17) is 21.1 Å². The van der Waals surface area contributed by atoms with Crippen LogP contribution in [-0.4, -0.2) is 49.5 Å². The summed E-state index contributed by atoms with van der Waals surface area (Å²) in [7, 11) is 1.72. The van der Waals surface area contributed by atoms with Crippen molar-refractivity contribution < 1.29 is 9.47 Å². The number of hydrogen-bond acceptors (Lipinski definition) is 9. The van der Waals surface area contributed by atoms with Crippen LogP contribution in [0, 0.1) is 6.92 Å². The predicted octanol–water partition coefficient (Wildman–Crippen LogP) is 2.15. The topological polar surface area (TPSA) is 130 Å². The normalized spacial score (nSPS) is 18.3. The number of aromatic nitrogens is 5. The molecule has 2 aromatic rings. The van der Waals surface area contributed by atoms with Gasteiger partial charge in [0.2, 0.25) is 0 Å². The molecule has 0 aliphatic heterocycles. The molecule has 2 fully saturated rings. The SMILES string of the molecule is Cc1nc(/C(N)=C(\Cn2nnc(OC3CCC3)n2)N(C)N)ccc1OC1CCCCC1. The van der Waals surface area contributed by atoms with Crippen molar-refractivity contribution in [1.29, 1.82) is 0 Å². The number of nitrogens with two attached hydrogens (primary N) is 2. The molecule has 0 unspecified atom stereocenters. The van der Waals surface area contributed by atoms with Gasteiger partial charge in [0.1, 0.15) is 18.4 Å². The first kappa shape index (κ1) is 21.4. The highest BCUT2D eigenvalue weighted by molar-refractivity contribution is 5.63. The Morgan fingerprint density at radius 2 is 1.81 bits per heavy atom. The summed E-state index contributed by atoms with van der Waals surface area (Å²) in [5, 5.41) is 13.8. The molecular weight excluding hydrogens is 396 g/mol. The van der Waals surface area contributed by atoms with Crippen LogP contribution in [-0.2, 0) is 6.54 Å². The van der Waals surface area contributed by atoms with Gasteiger partial charge in [-0.15, -0.1) is 0 Å². The Morgan fingerprint density at radius 1 is 1.10 bits per heavy atom. The van der Waals surface area contributed by atoms with Gasteiger partial charge in [-0.2, -0.15) is 4.80 Å². The third-order valence-corrected chi connectivity index (χ3v) is 5.95. The van der Waals surface area contributed by atoms with Gasteiger partial charge in [0.05, 0.1) is 28.9 Å². The molecule has 10 nitrogen and oxygen atoms in total. The van der Waals surface area contributed by atoms with Gasteiger partial charge in [-0.1, -0.05) is 16.6 Å². The maximum Gasteiger partial charge on any atom is 0.356 e. The lowest BCUT2D eigenvalue weighted by molar-refractivity contribution is 0.108. The number of rotatable bonds is 8. The number of likely N-dealkylation sites (N-methyl/N-ethyl adjacent to an activating group) is 1. The van der Waals surface area contributed by atoms with Crippen LogP contribution < -0.4 is 21.1 Å². The molecule has 0 aromatic carbocycles. The molecule has 0 bridgehead atoms. The third kappa shape index (κ3) is 5.25. The first-order valence-corrected chi connectivity index (χ1v) is 11.1. The molecule has 0 saturated heterocycles. The largest absolute Gasteiger partial charge is 0.489 e. The minimum Gasteiger partial charge on any atom is -0.489 e. The lowest BCUT2D eigenvalue weighted by Crippen LogP contribution is -2.31. The number of pyridine rings is 1. The summed E-state index contributed by atoms with van der Waals surface area (Å²) in [5.74, 6) is 6.86. The van der Waals surface area contributed by atoms with E-state index in [1.54, 1.807) is 7.05 Å². The van der Waals surface area contributed by atoms with Crippen LogP contribution in [0.3, 0.4) is 0 Å². The van der Waals surface area contributed by atoms with E-state index in [-0.39, 0.29) is 24.8 Å². The minimum atomic E-state index is 0.191. The van der Waals surface area contributed by atoms with Gasteiger partial charge in [-0.25, -0.2) is 10.8 Å². The van der Waals surface area contributed by atoms with E-state index in [9.17, 15) is 0 Å². The number of allylic oxidation sites excluding steroid dienone is 1. The molecule has 2 heterocycles. The van der Waals surface area contributed by atoms with Gasteiger partial charge < -0.3 is 20.2 Å². The molecule has 31 heavy (non-hydrogen) atoms. The zero-order valence-electron chi connectivity index (χ0n) is 18.3. The summed E-state index contributed by atoms with van der Waals surface area (Å²) in [4.78, 5) is 6.09. The number of hydrogen-bond donors (Lipinski definition) is 2. The van der Waals surface area contributed by atoms with Gasteiger partial charge in [-0.3, -0.25) is 0 Å². The van der Waals surface area contributed by atoms with E-state index in [0.717, 1.165) is 37.1 Å². The van der Waals surface area contributed by atoms with Crippen molar-refractivity contribution in [2.45, 2.75) is 77.0 Å². The summed E-state index contributed by atoms with van der Waals surface area (Å²) >= 11 is 0. The molecule has 0 spiro atoms. The molecule has 4 rings (SSSR count). The molecule has 10 heteroatoms. The van der Waals surface area contributed by atoms with Crippen LogP contribution in [0.25, 0.3) is 5.70 Å². The van der Waals surface area contributed by atoms with Crippen LogP contribution in [0.1, 0.15) is 62.8 Å². The molecular formula is C21H32N8O2. The Morgan fingerprint density at radius 3 is 2.45 bits per heavy atom. The van der Waals surface area contributed by atoms with Crippen molar-refractivity contribution in [3.63, 3.8) is 0 Å². The molecule has 0 amide bonds. The second kappa shape index (κ2) is 9.51. The number of ether oxygens (including phenoxy) is 2. The Labute approximate surface area is 182 Å². The summed E-state index contributed by atoms with van der Waals surface area (Å²) in [6.07, 6.45) is 9.64. The number of hydrazine groups is 1. The standard InChI is InChI=1S/C21H32N8O2/c1-14-19(30-15-7-4-3-5-8-15)12-11-17(24-14)20(22)18(28(2)23)13-29-26-21(25-27-29)31-16-9-6-10-16/h11-12,15-16H,3-10,13,22-23H2,1-2H3/b20-18-. The van der Waals surface area contributed by atoms with Crippen molar-refractivity contribution in [3.05, 3.63) is 29.2 Å². The quantitative estimate of drug-likeness (QED) is 0.479. The Bertz CT molecular complexity index is 916. The van der Waals surface area contributed by atoms with Crippen molar-refractivity contribution in [1.82, 2.24) is 30.2 Å². The van der Waals surface area contributed by atoms with E-state index in [1.807, 2.05) is 19.1 Å². The summed E-state index contributed by atoms with van der Waals surface area (Å²) in [6, 6.07) is 4.08. The third-order valence-electron chi connectivity index (χ3n) is 5.95. The van der Waals surface area contributed by atoms with Crippen molar-refractivity contribution in [3.8, 4) is 11.8 Å². The molecule has 2 aromatic heterocycles. The summed E-state index contributed by atoms with van der Waals surface area (Å²) in [5.41, 5.74) is 8.96. The van der Waals surface area contributed by atoms with E-state index in [0.29, 0.717) is 17.1 Å². The second-order valence-electron chi connectivity index (χ2n) is 8.40. The average molecular weight is 429 g/mol. The van der Waals surface area contributed by atoms with Crippen molar-refractivity contribution in [2.75, 3.05) is 7.05 Å². The molecule has 0 atom stereocenters. The number of tetrazole rings is 1. The Balaban J connectivity index is 1.48. The van der Waals surface area contributed by atoms with Crippen LogP contribution in [0.4, 0.5) is 0 Å². The van der Waals surface area contributed by atoms with Gasteiger partial charge in [0, 0.05) is 7.05 Å². The molecule has 2 aliphatic carbocycles. The first-order valence-electron chi connectivity index (χ1n) is 11.1. The average Bonchev–Trinajstić information content (AvgIpc) is 3.18. The maximum absolute atomic E-state index is 6.44. The molecule has 2 saturated carbocycles. The monoisotopic (exact) mass is 428 g/mol. The fraction of sp³-hybridized carbons (Fsp3) is 0.619. The zero-order valence-corrected chi connectivity index (χ0v) is 18.3. The number of aryl methyl sites for hydroxylation is 1. The van der Waals surface area contributed by atoms with Gasteiger partial charge >= 0.3 is 6.01 Å². The van der Waals surface area contributed by atoms with Gasteiger partial charge in [0.15, 0.2) is 0 Å². The van der Waals surface area contributed by atoms with Crippen LogP contribution >= 0.6 is 0 Å². The highest BCUT2D eigenvalue weighted by Gasteiger charge is 2.22. The predicted molar refractivity (Wildman–Crippen MR) is 116 cm³/mol. The highest BCUT2D eigenvalue weighted by Crippen LogP contribution is 2.27. The lowest BCUT2D eigenvalue weighted by Gasteiger charge is -2.24. The summed E-state index contributed by atoms with van der Waals surface area (Å²) < 4.78 is 11.9. The summed E-state index contributed by atoms with van der Waals surface area (Å²) in [6.45, 7) is 2.19. The Hall–Kier alpha value is -2.88. The van der Waals surface area contributed by atoms with Crippen molar-refractivity contribution in [2.24, 2.45) is 11.6 Å². The molecule has 168 valence electrons. The Kier molecular flexibility index (Phi) is 6.55. The van der Waals surface area contributed by atoms with Gasteiger partial charge in [0.25, 0.3) is 0 Å². The second-order valence-corrected chi connectivity index (χ2v) is 8.40. The number of nitrogens with zero attached hydrogens (tertiary/aromatic N) is 6. The van der Waals surface area contributed by atoms with Crippen LogP contribution in [0.2, 0.25) is 0 Å². The molecule has 2 aliphatic rings. The maximum atomic E-state index is 6.44. The van der Waals surface area contributed by atoms with Gasteiger partial charge in [-0.05, 0) is 69.2 Å². The van der Waals surface area contributed by atoms with Crippen LogP contribution in [0.15, 0.2) is 17.8 Å².